The van der Waals surface area contributed by atoms with E-state index in [1.165, 1.54) is 29.7 Å². The average molecular weight is 357 g/mol. The van der Waals surface area contributed by atoms with Crippen LogP contribution in [0.25, 0.3) is 0 Å². The van der Waals surface area contributed by atoms with Crippen molar-refractivity contribution >= 4 is 15.7 Å². The fourth-order valence-electron chi connectivity index (χ4n) is 1.85. The highest BCUT2D eigenvalue weighted by molar-refractivity contribution is 7.91. The standard InChI is InChI=1S/C13H15N3O7S/c17-11(14-18)8-4-5-9-22-12-13(16(19)23-15-12)24(20,21)10-6-2-1-3-7-10/h1-3,6-7,18H,4-5,8-9H2,(H,14,17). The lowest BCUT2D eigenvalue weighted by Crippen LogP contribution is -2.31. The first-order valence-corrected chi connectivity index (χ1v) is 8.40. The van der Waals surface area contributed by atoms with E-state index in [2.05, 4.69) is 9.79 Å². The van der Waals surface area contributed by atoms with Gasteiger partial charge in [0.2, 0.25) is 5.91 Å². The maximum atomic E-state index is 12.5. The van der Waals surface area contributed by atoms with Crippen molar-refractivity contribution in [2.75, 3.05) is 6.61 Å². The maximum Gasteiger partial charge on any atom is 0.414 e. The van der Waals surface area contributed by atoms with E-state index in [-0.39, 0.29) is 22.8 Å². The Balaban J connectivity index is 2.08. The number of aromatic nitrogens is 2. The van der Waals surface area contributed by atoms with Crippen LogP contribution in [0.5, 0.6) is 5.88 Å². The van der Waals surface area contributed by atoms with Gasteiger partial charge in [0, 0.05) is 6.42 Å². The van der Waals surface area contributed by atoms with Gasteiger partial charge in [-0.25, -0.2) is 13.9 Å². The van der Waals surface area contributed by atoms with E-state index in [1.807, 2.05) is 0 Å². The quantitative estimate of drug-likeness (QED) is 0.295. The molecular weight excluding hydrogens is 342 g/mol. The molecule has 10 nitrogen and oxygen atoms in total. The predicted molar refractivity (Wildman–Crippen MR) is 76.6 cm³/mol. The molecule has 24 heavy (non-hydrogen) atoms. The molecule has 0 fully saturated rings. The van der Waals surface area contributed by atoms with Gasteiger partial charge < -0.3 is 9.94 Å². The molecule has 0 atom stereocenters. The summed E-state index contributed by atoms with van der Waals surface area (Å²) in [5, 5.41) is 22.6. The molecule has 0 aliphatic rings. The Morgan fingerprint density at radius 1 is 1.33 bits per heavy atom. The molecule has 0 bridgehead atoms. The van der Waals surface area contributed by atoms with Crippen LogP contribution in [0.1, 0.15) is 19.3 Å². The SMILES string of the molecule is O=C(CCCCOc1no[n+]([O-])c1S(=O)(=O)c1ccccc1)NO. The minimum absolute atomic E-state index is 0.0164. The number of sulfone groups is 1. The molecule has 0 saturated carbocycles. The van der Waals surface area contributed by atoms with Gasteiger partial charge >= 0.3 is 10.9 Å². The van der Waals surface area contributed by atoms with Crippen molar-refractivity contribution in [3.8, 4) is 5.88 Å². The number of carbonyl (C=O) groups excluding carboxylic acids is 1. The lowest BCUT2D eigenvalue weighted by atomic mass is 10.2. The number of amides is 1. The molecule has 0 unspecified atom stereocenters. The lowest BCUT2D eigenvalue weighted by Gasteiger charge is -2.03. The molecule has 1 heterocycles. The Morgan fingerprint density at radius 2 is 2.04 bits per heavy atom. The first-order chi connectivity index (χ1) is 11.5. The third-order valence-electron chi connectivity index (χ3n) is 3.02. The molecule has 1 amide bonds. The van der Waals surface area contributed by atoms with Crippen molar-refractivity contribution in [2.24, 2.45) is 0 Å². The van der Waals surface area contributed by atoms with E-state index in [0.29, 0.717) is 12.8 Å². The predicted octanol–water partition coefficient (Wildman–Crippen LogP) is 0.195. The van der Waals surface area contributed by atoms with Gasteiger partial charge in [0.05, 0.1) is 16.7 Å². The molecule has 130 valence electrons. The van der Waals surface area contributed by atoms with Gasteiger partial charge in [0.25, 0.3) is 9.84 Å². The Labute approximate surface area is 137 Å². The topological polar surface area (TPSA) is 146 Å². The van der Waals surface area contributed by atoms with Crippen LogP contribution in [0.3, 0.4) is 0 Å². The highest BCUT2D eigenvalue weighted by Crippen LogP contribution is 2.24. The number of nitrogens with zero attached hydrogens (tertiary/aromatic N) is 2. The first kappa shape index (κ1) is 17.7. The van der Waals surface area contributed by atoms with E-state index in [4.69, 9.17) is 9.94 Å². The van der Waals surface area contributed by atoms with E-state index >= 15 is 0 Å². The summed E-state index contributed by atoms with van der Waals surface area (Å²) < 4.78 is 34.5. The van der Waals surface area contributed by atoms with E-state index in [1.54, 1.807) is 6.07 Å². The normalized spacial score (nSPS) is 11.2. The van der Waals surface area contributed by atoms with Crippen LogP contribution in [-0.4, -0.2) is 31.3 Å². The minimum Gasteiger partial charge on any atom is -0.454 e. The number of ether oxygens (including phenoxy) is 1. The molecule has 2 N–H and O–H groups in total. The zero-order valence-electron chi connectivity index (χ0n) is 12.4. The molecule has 0 radical (unpaired) electrons. The average Bonchev–Trinajstić information content (AvgIpc) is 2.96. The van der Waals surface area contributed by atoms with Crippen LogP contribution < -0.4 is 15.1 Å². The van der Waals surface area contributed by atoms with Crippen molar-refractivity contribution in [3.05, 3.63) is 35.5 Å². The summed E-state index contributed by atoms with van der Waals surface area (Å²) in [6.45, 7) is 0.0164. The van der Waals surface area contributed by atoms with Crippen LogP contribution in [0, 0.1) is 5.21 Å². The van der Waals surface area contributed by atoms with Gasteiger partial charge in [0.1, 0.15) is 0 Å². The fourth-order valence-corrected chi connectivity index (χ4v) is 3.15. The molecule has 1 aromatic carbocycles. The Morgan fingerprint density at radius 3 is 2.71 bits per heavy atom. The summed E-state index contributed by atoms with van der Waals surface area (Å²) in [6.07, 6.45) is 0.849. The molecule has 0 aliphatic carbocycles. The van der Waals surface area contributed by atoms with Gasteiger partial charge in [0.15, 0.2) is 0 Å². The Kier molecular flexibility index (Phi) is 5.71. The van der Waals surface area contributed by atoms with E-state index in [0.717, 1.165) is 0 Å². The Bertz CT molecular complexity index is 789. The molecule has 11 heteroatoms. The molecule has 0 aliphatic heterocycles. The highest BCUT2D eigenvalue weighted by Gasteiger charge is 2.35. The molecule has 0 spiro atoms. The van der Waals surface area contributed by atoms with Crippen LogP contribution in [0.2, 0.25) is 0 Å². The first-order valence-electron chi connectivity index (χ1n) is 6.92. The van der Waals surface area contributed by atoms with E-state index < -0.39 is 26.7 Å². The zero-order valence-corrected chi connectivity index (χ0v) is 13.2. The number of nitrogens with one attached hydrogen (secondary N) is 1. The zero-order chi connectivity index (χ0) is 17.6. The second kappa shape index (κ2) is 7.75. The number of unbranched alkanes of at least 4 members (excludes halogenated alkanes) is 1. The summed E-state index contributed by atoms with van der Waals surface area (Å²) in [7, 11) is -4.15. The van der Waals surface area contributed by atoms with Crippen molar-refractivity contribution in [1.82, 2.24) is 10.6 Å². The number of hydroxylamine groups is 1. The second-order valence-corrected chi connectivity index (χ2v) is 6.56. The van der Waals surface area contributed by atoms with Crippen LogP contribution in [-0.2, 0) is 14.6 Å². The second-order valence-electron chi connectivity index (χ2n) is 4.70. The number of hydrogen-bond donors (Lipinski definition) is 2. The molecule has 2 rings (SSSR count). The lowest BCUT2D eigenvalue weighted by molar-refractivity contribution is -0.832. The van der Waals surface area contributed by atoms with Gasteiger partial charge in [-0.05, 0) is 29.9 Å². The number of rotatable bonds is 8. The van der Waals surface area contributed by atoms with Crippen molar-refractivity contribution in [2.45, 2.75) is 29.2 Å². The number of carbonyl (C=O) groups is 1. The van der Waals surface area contributed by atoms with E-state index in [9.17, 15) is 18.4 Å². The summed E-state index contributed by atoms with van der Waals surface area (Å²) in [5.41, 5.74) is 1.49. The van der Waals surface area contributed by atoms with Crippen molar-refractivity contribution < 1.29 is 32.7 Å². The van der Waals surface area contributed by atoms with Gasteiger partial charge in [-0.3, -0.25) is 14.6 Å². The summed E-state index contributed by atoms with van der Waals surface area (Å²) in [5.74, 6) is -0.985. The molecule has 0 saturated heterocycles. The largest absolute Gasteiger partial charge is 0.454 e. The van der Waals surface area contributed by atoms with Crippen molar-refractivity contribution in [1.29, 1.82) is 0 Å². The smallest absolute Gasteiger partial charge is 0.414 e. The van der Waals surface area contributed by atoms with Gasteiger partial charge in [-0.2, -0.15) is 0 Å². The monoisotopic (exact) mass is 357 g/mol. The third-order valence-corrected chi connectivity index (χ3v) is 4.74. The molecule has 2 aromatic rings. The van der Waals surface area contributed by atoms with Gasteiger partial charge in [-0.15, -0.1) is 0 Å². The molecular formula is C13H15N3O7S. The summed E-state index contributed by atoms with van der Waals surface area (Å²) in [6, 6.07) is 7.33. The van der Waals surface area contributed by atoms with Crippen molar-refractivity contribution in [3.63, 3.8) is 0 Å². The summed E-state index contributed by atoms with van der Waals surface area (Å²) in [4.78, 5) is 10.5. The summed E-state index contributed by atoms with van der Waals surface area (Å²) >= 11 is 0. The minimum atomic E-state index is -4.15. The highest BCUT2D eigenvalue weighted by atomic mass is 32.2. The fraction of sp³-hybridized carbons (Fsp3) is 0.308. The van der Waals surface area contributed by atoms with Crippen LogP contribution in [0.15, 0.2) is 44.9 Å². The number of hydrogen-bond acceptors (Lipinski definition) is 8. The van der Waals surface area contributed by atoms with Gasteiger partial charge in [-0.1, -0.05) is 18.2 Å². The van der Waals surface area contributed by atoms with Crippen LogP contribution in [0.4, 0.5) is 0 Å². The maximum absolute atomic E-state index is 12.5. The molecule has 1 aromatic heterocycles. The Hall–Kier alpha value is -2.66. The number of benzene rings is 1. The third kappa shape index (κ3) is 4.00. The van der Waals surface area contributed by atoms with Crippen LogP contribution >= 0.6 is 0 Å².